The van der Waals surface area contributed by atoms with Gasteiger partial charge in [-0.2, -0.15) is 5.10 Å². The molecule has 0 saturated heterocycles. The number of carbonyl (C=O) groups excluding carboxylic acids is 1. The largest absolute Gasteiger partial charge is 0.389 e. The standard InChI is InChI=1S/C14H16FN3O2/c1-9(19)10-4-5-13(11(15)8-10)18-7-6-12(16-18)14(20)17(2)3/h4-9,19H,1-3H3/t9-/m0/s1. The molecule has 0 radical (unpaired) electrons. The predicted molar refractivity (Wildman–Crippen MR) is 72.2 cm³/mol. The Labute approximate surface area is 116 Å². The van der Waals surface area contributed by atoms with Gasteiger partial charge < -0.3 is 10.0 Å². The molecular weight excluding hydrogens is 261 g/mol. The second-order valence-corrected chi connectivity index (χ2v) is 4.73. The van der Waals surface area contributed by atoms with Crippen LogP contribution in [0, 0.1) is 5.82 Å². The zero-order chi connectivity index (χ0) is 14.9. The summed E-state index contributed by atoms with van der Waals surface area (Å²) in [7, 11) is 3.25. The van der Waals surface area contributed by atoms with Crippen molar-refractivity contribution in [2.45, 2.75) is 13.0 Å². The second kappa shape index (κ2) is 5.42. The number of hydrogen-bond acceptors (Lipinski definition) is 3. The van der Waals surface area contributed by atoms with E-state index in [1.54, 1.807) is 27.1 Å². The van der Waals surface area contributed by atoms with Gasteiger partial charge in [0.15, 0.2) is 5.69 Å². The van der Waals surface area contributed by atoms with Gasteiger partial charge in [0.25, 0.3) is 5.91 Å². The molecule has 5 nitrogen and oxygen atoms in total. The average molecular weight is 277 g/mol. The summed E-state index contributed by atoms with van der Waals surface area (Å²) in [5.74, 6) is -0.750. The maximum Gasteiger partial charge on any atom is 0.273 e. The summed E-state index contributed by atoms with van der Waals surface area (Å²) in [6.45, 7) is 1.57. The number of carbonyl (C=O) groups is 1. The predicted octanol–water partition coefficient (Wildman–Crippen LogP) is 1.77. The number of hydrogen-bond donors (Lipinski definition) is 1. The lowest BCUT2D eigenvalue weighted by Crippen LogP contribution is -2.22. The summed E-state index contributed by atoms with van der Waals surface area (Å²) >= 11 is 0. The highest BCUT2D eigenvalue weighted by molar-refractivity contribution is 5.91. The van der Waals surface area contributed by atoms with Crippen LogP contribution in [0.1, 0.15) is 29.1 Å². The molecule has 1 aromatic heterocycles. The van der Waals surface area contributed by atoms with Crippen molar-refractivity contribution in [2.24, 2.45) is 0 Å². The Morgan fingerprint density at radius 3 is 2.65 bits per heavy atom. The molecule has 0 aliphatic heterocycles. The van der Waals surface area contributed by atoms with E-state index in [-0.39, 0.29) is 17.3 Å². The van der Waals surface area contributed by atoms with Crippen LogP contribution in [0.4, 0.5) is 4.39 Å². The van der Waals surface area contributed by atoms with Gasteiger partial charge >= 0.3 is 0 Å². The zero-order valence-corrected chi connectivity index (χ0v) is 11.5. The van der Waals surface area contributed by atoms with Gasteiger partial charge in [0.05, 0.1) is 6.10 Å². The van der Waals surface area contributed by atoms with E-state index in [4.69, 9.17) is 0 Å². The normalized spacial score (nSPS) is 12.2. The molecule has 2 aromatic rings. The van der Waals surface area contributed by atoms with Crippen LogP contribution in [0.5, 0.6) is 0 Å². The Balaban J connectivity index is 2.35. The molecule has 0 saturated carbocycles. The van der Waals surface area contributed by atoms with E-state index >= 15 is 0 Å². The summed E-state index contributed by atoms with van der Waals surface area (Å²) in [6.07, 6.45) is 0.791. The minimum Gasteiger partial charge on any atom is -0.389 e. The number of halogens is 1. The Bertz CT molecular complexity index is 635. The molecule has 0 bridgehead atoms. The molecule has 0 unspecified atom stereocenters. The molecule has 1 amide bonds. The van der Waals surface area contributed by atoms with Crippen molar-refractivity contribution in [1.82, 2.24) is 14.7 Å². The first-order chi connectivity index (χ1) is 9.40. The third kappa shape index (κ3) is 2.70. The van der Waals surface area contributed by atoms with E-state index in [9.17, 15) is 14.3 Å². The molecule has 0 spiro atoms. The Kier molecular flexibility index (Phi) is 3.85. The number of rotatable bonds is 3. The highest BCUT2D eigenvalue weighted by atomic mass is 19.1. The van der Waals surface area contributed by atoms with Crippen LogP contribution >= 0.6 is 0 Å². The first kappa shape index (κ1) is 14.2. The van der Waals surface area contributed by atoms with Crippen molar-refractivity contribution in [2.75, 3.05) is 14.1 Å². The Morgan fingerprint density at radius 2 is 2.10 bits per heavy atom. The van der Waals surface area contributed by atoms with Gasteiger partial charge in [0.1, 0.15) is 11.5 Å². The lowest BCUT2D eigenvalue weighted by Gasteiger charge is -2.09. The first-order valence-corrected chi connectivity index (χ1v) is 6.15. The van der Waals surface area contributed by atoms with Crippen LogP contribution in [0.25, 0.3) is 5.69 Å². The van der Waals surface area contributed by atoms with Gasteiger partial charge in [-0.25, -0.2) is 9.07 Å². The van der Waals surface area contributed by atoms with Crippen LogP contribution in [-0.4, -0.2) is 39.8 Å². The van der Waals surface area contributed by atoms with Crippen LogP contribution < -0.4 is 0 Å². The molecular formula is C14H16FN3O2. The number of nitrogens with zero attached hydrogens (tertiary/aromatic N) is 3. The molecule has 6 heteroatoms. The van der Waals surface area contributed by atoms with Gasteiger partial charge in [-0.15, -0.1) is 0 Å². The molecule has 0 aliphatic carbocycles. The highest BCUT2D eigenvalue weighted by Crippen LogP contribution is 2.19. The van der Waals surface area contributed by atoms with Gasteiger partial charge in [-0.3, -0.25) is 4.79 Å². The van der Waals surface area contributed by atoms with Crippen molar-refractivity contribution >= 4 is 5.91 Å². The SMILES string of the molecule is C[C@H](O)c1ccc(-n2ccc(C(=O)N(C)C)n2)c(F)c1. The number of aliphatic hydroxyl groups excluding tert-OH is 1. The lowest BCUT2D eigenvalue weighted by molar-refractivity contribution is 0.0821. The molecule has 0 aliphatic rings. The van der Waals surface area contributed by atoms with Crippen LogP contribution in [0.15, 0.2) is 30.5 Å². The summed E-state index contributed by atoms with van der Waals surface area (Å²) in [5, 5.41) is 13.5. The number of aliphatic hydroxyl groups is 1. The molecule has 1 N–H and O–H groups in total. The molecule has 20 heavy (non-hydrogen) atoms. The molecule has 1 atom stereocenters. The summed E-state index contributed by atoms with van der Waals surface area (Å²) in [5.41, 5.74) is 0.962. The monoisotopic (exact) mass is 277 g/mol. The number of aromatic nitrogens is 2. The highest BCUT2D eigenvalue weighted by Gasteiger charge is 2.14. The van der Waals surface area contributed by atoms with Crippen molar-refractivity contribution < 1.29 is 14.3 Å². The summed E-state index contributed by atoms with van der Waals surface area (Å²) < 4.78 is 15.3. The Hall–Kier alpha value is -2.21. The van der Waals surface area contributed by atoms with Crippen molar-refractivity contribution in [3.63, 3.8) is 0 Å². The molecule has 1 aromatic carbocycles. The maximum absolute atomic E-state index is 14.0. The third-order valence-corrected chi connectivity index (χ3v) is 2.92. The quantitative estimate of drug-likeness (QED) is 0.930. The van der Waals surface area contributed by atoms with Crippen molar-refractivity contribution in [3.05, 3.63) is 47.5 Å². The fourth-order valence-electron chi connectivity index (χ4n) is 1.77. The fraction of sp³-hybridized carbons (Fsp3) is 0.286. The summed E-state index contributed by atoms with van der Waals surface area (Å²) in [4.78, 5) is 13.1. The van der Waals surface area contributed by atoms with E-state index < -0.39 is 11.9 Å². The van der Waals surface area contributed by atoms with Crippen LogP contribution in [0.3, 0.4) is 0 Å². The minimum absolute atomic E-state index is 0.229. The second-order valence-electron chi connectivity index (χ2n) is 4.73. The van der Waals surface area contributed by atoms with E-state index in [2.05, 4.69) is 5.10 Å². The minimum atomic E-state index is -0.734. The van der Waals surface area contributed by atoms with E-state index in [1.165, 1.54) is 34.0 Å². The molecule has 106 valence electrons. The zero-order valence-electron chi connectivity index (χ0n) is 11.5. The van der Waals surface area contributed by atoms with Crippen molar-refractivity contribution in [1.29, 1.82) is 0 Å². The topological polar surface area (TPSA) is 58.4 Å². The van der Waals surface area contributed by atoms with E-state index in [1.807, 2.05) is 0 Å². The number of benzene rings is 1. The molecule has 2 rings (SSSR count). The third-order valence-electron chi connectivity index (χ3n) is 2.92. The van der Waals surface area contributed by atoms with Crippen molar-refractivity contribution in [3.8, 4) is 5.69 Å². The maximum atomic E-state index is 14.0. The van der Waals surface area contributed by atoms with Gasteiger partial charge in [-0.05, 0) is 30.7 Å². The van der Waals surface area contributed by atoms with Gasteiger partial charge in [0, 0.05) is 20.3 Å². The number of amides is 1. The first-order valence-electron chi connectivity index (χ1n) is 6.15. The molecule has 1 heterocycles. The van der Waals surface area contributed by atoms with Crippen LogP contribution in [0.2, 0.25) is 0 Å². The van der Waals surface area contributed by atoms with Gasteiger partial charge in [0.2, 0.25) is 0 Å². The van der Waals surface area contributed by atoms with E-state index in [0.29, 0.717) is 5.56 Å². The average Bonchev–Trinajstić information content (AvgIpc) is 2.86. The van der Waals surface area contributed by atoms with Gasteiger partial charge in [-0.1, -0.05) is 6.07 Å². The lowest BCUT2D eigenvalue weighted by atomic mass is 10.1. The Morgan fingerprint density at radius 1 is 1.40 bits per heavy atom. The smallest absolute Gasteiger partial charge is 0.273 e. The summed E-state index contributed by atoms with van der Waals surface area (Å²) in [6, 6.07) is 5.94. The fourth-order valence-corrected chi connectivity index (χ4v) is 1.77. The van der Waals surface area contributed by atoms with E-state index in [0.717, 1.165) is 0 Å². The molecule has 0 fully saturated rings. The van der Waals surface area contributed by atoms with Crippen LogP contribution in [-0.2, 0) is 0 Å².